The lowest BCUT2D eigenvalue weighted by Crippen LogP contribution is -2.48. The third kappa shape index (κ3) is 3.36. The molecule has 0 aliphatic heterocycles. The molecule has 1 aliphatic rings. The van der Waals surface area contributed by atoms with Crippen molar-refractivity contribution in [3.8, 4) is 6.07 Å². The van der Waals surface area contributed by atoms with Crippen molar-refractivity contribution in [2.45, 2.75) is 57.4 Å². The second-order valence-corrected chi connectivity index (χ2v) is 5.58. The normalized spacial score (nSPS) is 18.4. The lowest BCUT2D eigenvalue weighted by molar-refractivity contribution is 0.0902. The molecular formula is C16H21N3O. The lowest BCUT2D eigenvalue weighted by atomic mass is 9.85. The molecule has 0 saturated heterocycles. The van der Waals surface area contributed by atoms with E-state index in [9.17, 15) is 10.1 Å². The number of hydrogen-bond donors (Lipinski definition) is 1. The van der Waals surface area contributed by atoms with Crippen LogP contribution in [-0.4, -0.2) is 16.4 Å². The molecule has 0 unspecified atom stereocenters. The zero-order valence-electron chi connectivity index (χ0n) is 12.0. The number of carbonyl (C=O) groups is 1. The minimum atomic E-state index is -0.721. The summed E-state index contributed by atoms with van der Waals surface area (Å²) in [6, 6.07) is 6.01. The molecule has 1 aromatic rings. The number of rotatable bonds is 2. The van der Waals surface area contributed by atoms with Crippen molar-refractivity contribution in [1.82, 2.24) is 10.3 Å². The van der Waals surface area contributed by atoms with E-state index in [0.717, 1.165) is 44.1 Å². The van der Waals surface area contributed by atoms with Gasteiger partial charge in [-0.15, -0.1) is 0 Å². The number of hydrogen-bond acceptors (Lipinski definition) is 3. The second-order valence-electron chi connectivity index (χ2n) is 5.58. The summed E-state index contributed by atoms with van der Waals surface area (Å²) in [4.78, 5) is 16.5. The fourth-order valence-corrected chi connectivity index (χ4v) is 2.77. The van der Waals surface area contributed by atoms with Crippen LogP contribution in [0.15, 0.2) is 18.3 Å². The molecule has 0 spiro atoms. The van der Waals surface area contributed by atoms with Crippen molar-refractivity contribution in [2.24, 2.45) is 0 Å². The highest BCUT2D eigenvalue weighted by molar-refractivity contribution is 5.94. The van der Waals surface area contributed by atoms with Crippen molar-refractivity contribution >= 4 is 5.91 Å². The van der Waals surface area contributed by atoms with E-state index < -0.39 is 5.54 Å². The zero-order chi connectivity index (χ0) is 14.4. The molecule has 1 N–H and O–H groups in total. The van der Waals surface area contributed by atoms with E-state index in [1.54, 1.807) is 6.20 Å². The fourth-order valence-electron chi connectivity index (χ4n) is 2.77. The summed E-state index contributed by atoms with van der Waals surface area (Å²) in [5.74, 6) is -0.231. The third-order valence-corrected chi connectivity index (χ3v) is 4.00. The Balaban J connectivity index is 2.14. The zero-order valence-corrected chi connectivity index (χ0v) is 12.0. The van der Waals surface area contributed by atoms with Crippen LogP contribution in [-0.2, 0) is 0 Å². The first kappa shape index (κ1) is 14.5. The van der Waals surface area contributed by atoms with Crippen molar-refractivity contribution < 1.29 is 4.79 Å². The highest BCUT2D eigenvalue weighted by Crippen LogP contribution is 2.26. The molecule has 2 rings (SSSR count). The number of nitriles is 1. The van der Waals surface area contributed by atoms with Gasteiger partial charge in [0.15, 0.2) is 0 Å². The van der Waals surface area contributed by atoms with Crippen molar-refractivity contribution in [3.63, 3.8) is 0 Å². The molecule has 1 aromatic heterocycles. The van der Waals surface area contributed by atoms with E-state index in [1.165, 1.54) is 6.42 Å². The highest BCUT2D eigenvalue weighted by atomic mass is 16.2. The Hall–Kier alpha value is -1.89. The topological polar surface area (TPSA) is 65.8 Å². The van der Waals surface area contributed by atoms with Gasteiger partial charge in [0.2, 0.25) is 0 Å². The van der Waals surface area contributed by atoms with Crippen molar-refractivity contribution in [3.05, 3.63) is 29.6 Å². The van der Waals surface area contributed by atoms with Gasteiger partial charge < -0.3 is 5.32 Å². The van der Waals surface area contributed by atoms with E-state index >= 15 is 0 Å². The predicted octanol–water partition coefficient (Wildman–Crippen LogP) is 3.13. The van der Waals surface area contributed by atoms with Gasteiger partial charge in [0.25, 0.3) is 5.91 Å². The van der Waals surface area contributed by atoms with E-state index in [0.29, 0.717) is 5.69 Å². The molecule has 1 aliphatic carbocycles. The Labute approximate surface area is 120 Å². The van der Waals surface area contributed by atoms with Gasteiger partial charge in [-0.1, -0.05) is 38.2 Å². The van der Waals surface area contributed by atoms with Gasteiger partial charge >= 0.3 is 0 Å². The van der Waals surface area contributed by atoms with Gasteiger partial charge in [-0.05, 0) is 31.4 Å². The quantitative estimate of drug-likeness (QED) is 0.898. The average molecular weight is 271 g/mol. The van der Waals surface area contributed by atoms with Crippen LogP contribution in [0.1, 0.15) is 61.0 Å². The van der Waals surface area contributed by atoms with Crippen LogP contribution in [0.2, 0.25) is 0 Å². The lowest BCUT2D eigenvalue weighted by Gasteiger charge is -2.29. The summed E-state index contributed by atoms with van der Waals surface area (Å²) in [5.41, 5.74) is 0.537. The molecule has 1 saturated carbocycles. The number of nitrogens with zero attached hydrogens (tertiary/aromatic N) is 2. The molecule has 4 heteroatoms. The first-order valence-electron chi connectivity index (χ1n) is 7.32. The van der Waals surface area contributed by atoms with E-state index in [4.69, 9.17) is 0 Å². The van der Waals surface area contributed by atoms with Crippen molar-refractivity contribution in [1.29, 1.82) is 5.26 Å². The maximum absolute atomic E-state index is 12.4. The first-order valence-corrected chi connectivity index (χ1v) is 7.32. The van der Waals surface area contributed by atoms with Crippen LogP contribution in [0.5, 0.6) is 0 Å². The average Bonchev–Trinajstić information content (AvgIpc) is 2.42. The molecule has 0 atom stereocenters. The maximum Gasteiger partial charge on any atom is 0.271 e. The van der Waals surface area contributed by atoms with Crippen LogP contribution < -0.4 is 5.32 Å². The molecule has 1 fully saturated rings. The Morgan fingerprint density at radius 2 is 1.95 bits per heavy atom. The molecule has 4 nitrogen and oxygen atoms in total. The van der Waals surface area contributed by atoms with Crippen LogP contribution in [0.4, 0.5) is 0 Å². The molecule has 20 heavy (non-hydrogen) atoms. The Morgan fingerprint density at radius 3 is 2.55 bits per heavy atom. The monoisotopic (exact) mass is 271 g/mol. The molecule has 0 aromatic carbocycles. The summed E-state index contributed by atoms with van der Waals surface area (Å²) in [6.07, 6.45) is 8.59. The van der Waals surface area contributed by atoms with Gasteiger partial charge in [-0.2, -0.15) is 5.26 Å². The van der Waals surface area contributed by atoms with Gasteiger partial charge in [-0.25, -0.2) is 0 Å². The summed E-state index contributed by atoms with van der Waals surface area (Å²) < 4.78 is 0. The van der Waals surface area contributed by atoms with Crippen LogP contribution >= 0.6 is 0 Å². The number of pyridine rings is 1. The SMILES string of the molecule is Cc1cccnc1C(=O)NC1(C#N)CCCCCCC1. The maximum atomic E-state index is 12.4. The smallest absolute Gasteiger partial charge is 0.271 e. The van der Waals surface area contributed by atoms with E-state index in [-0.39, 0.29) is 5.91 Å². The molecule has 106 valence electrons. The minimum absolute atomic E-state index is 0.231. The van der Waals surface area contributed by atoms with Crippen LogP contribution in [0.25, 0.3) is 0 Å². The van der Waals surface area contributed by atoms with Crippen molar-refractivity contribution in [2.75, 3.05) is 0 Å². The summed E-state index contributed by atoms with van der Waals surface area (Å²) in [7, 11) is 0. The molecule has 0 bridgehead atoms. The predicted molar refractivity (Wildman–Crippen MR) is 77.1 cm³/mol. The molecular weight excluding hydrogens is 250 g/mol. The van der Waals surface area contributed by atoms with Crippen LogP contribution in [0, 0.1) is 18.3 Å². The van der Waals surface area contributed by atoms with E-state index in [2.05, 4.69) is 16.4 Å². The van der Waals surface area contributed by atoms with E-state index in [1.807, 2.05) is 19.1 Å². The Morgan fingerprint density at radius 1 is 1.30 bits per heavy atom. The standard InChI is InChI=1S/C16H21N3O/c1-13-8-7-11-18-14(13)15(20)19-16(12-17)9-5-3-2-4-6-10-16/h7-8,11H,2-6,9-10H2,1H3,(H,19,20). The second kappa shape index (κ2) is 6.51. The minimum Gasteiger partial charge on any atom is -0.332 e. The first-order chi connectivity index (χ1) is 9.67. The van der Waals surface area contributed by atoms with Gasteiger partial charge in [0.1, 0.15) is 11.2 Å². The van der Waals surface area contributed by atoms with Gasteiger partial charge in [0.05, 0.1) is 6.07 Å². The molecule has 0 radical (unpaired) electrons. The third-order valence-electron chi connectivity index (χ3n) is 4.00. The number of nitrogens with one attached hydrogen (secondary N) is 1. The van der Waals surface area contributed by atoms with Crippen LogP contribution in [0.3, 0.4) is 0 Å². The largest absolute Gasteiger partial charge is 0.332 e. The number of aryl methyl sites for hydroxylation is 1. The summed E-state index contributed by atoms with van der Waals surface area (Å²) in [5, 5.41) is 12.5. The number of carbonyl (C=O) groups excluding carboxylic acids is 1. The summed E-state index contributed by atoms with van der Waals surface area (Å²) >= 11 is 0. The molecule has 1 heterocycles. The Kier molecular flexibility index (Phi) is 4.73. The Bertz CT molecular complexity index is 511. The number of aromatic nitrogens is 1. The molecule has 1 amide bonds. The van der Waals surface area contributed by atoms with Gasteiger partial charge in [-0.3, -0.25) is 9.78 Å². The fraction of sp³-hybridized carbons (Fsp3) is 0.562. The highest BCUT2D eigenvalue weighted by Gasteiger charge is 2.32. The summed E-state index contributed by atoms with van der Waals surface area (Å²) in [6.45, 7) is 1.86. The van der Waals surface area contributed by atoms with Gasteiger partial charge in [0, 0.05) is 6.20 Å². The number of amides is 1.